The Hall–Kier alpha value is -2.17. The number of ether oxygens (including phenoxy) is 2. The van der Waals surface area contributed by atoms with Gasteiger partial charge < -0.3 is 19.8 Å². The van der Waals surface area contributed by atoms with Crippen molar-refractivity contribution in [2.75, 3.05) is 6.79 Å². The topological polar surface area (TPSA) is 63.4 Å². The molecule has 2 aromatic rings. The standard InChI is InChI=1S/C18H22N2O3.2H2/c1-10(2)5-18(21)19-11-3-4-14-12(6-11)13-7-16-17(23-9-22-16)8-15(13)20-14;;/h7-8,10-11,20H,3-6,9H2,1-2H3,(H,19,21);2*1H. The zero-order valence-electron chi connectivity index (χ0n) is 13.6. The lowest BCUT2D eigenvalue weighted by atomic mass is 9.91. The molecule has 0 saturated carbocycles. The van der Waals surface area contributed by atoms with Gasteiger partial charge in [-0.15, -0.1) is 0 Å². The Morgan fingerprint density at radius 2 is 2.17 bits per heavy atom. The van der Waals surface area contributed by atoms with Gasteiger partial charge in [0.2, 0.25) is 12.7 Å². The summed E-state index contributed by atoms with van der Waals surface area (Å²) in [4.78, 5) is 15.5. The number of aromatic amines is 1. The van der Waals surface area contributed by atoms with Crippen LogP contribution in [0.2, 0.25) is 0 Å². The molecule has 1 unspecified atom stereocenters. The summed E-state index contributed by atoms with van der Waals surface area (Å²) in [6.45, 7) is 4.43. The molecule has 0 bridgehead atoms. The molecule has 1 aromatic heterocycles. The van der Waals surface area contributed by atoms with Crippen molar-refractivity contribution in [3.63, 3.8) is 0 Å². The average Bonchev–Trinajstić information content (AvgIpc) is 3.07. The van der Waals surface area contributed by atoms with E-state index < -0.39 is 0 Å². The van der Waals surface area contributed by atoms with Crippen LogP contribution in [0.4, 0.5) is 0 Å². The maximum absolute atomic E-state index is 12.0. The molecule has 126 valence electrons. The molecule has 2 aliphatic rings. The monoisotopic (exact) mass is 318 g/mol. The summed E-state index contributed by atoms with van der Waals surface area (Å²) >= 11 is 0. The van der Waals surface area contributed by atoms with Gasteiger partial charge in [0.25, 0.3) is 0 Å². The zero-order valence-corrected chi connectivity index (χ0v) is 13.6. The number of aromatic nitrogens is 1. The van der Waals surface area contributed by atoms with E-state index in [1.807, 2.05) is 6.07 Å². The average molecular weight is 318 g/mol. The lowest BCUT2D eigenvalue weighted by molar-refractivity contribution is -0.122. The first-order chi connectivity index (χ1) is 11.1. The maximum atomic E-state index is 12.0. The second-order valence-corrected chi connectivity index (χ2v) is 6.94. The summed E-state index contributed by atoms with van der Waals surface area (Å²) < 4.78 is 10.9. The van der Waals surface area contributed by atoms with Crippen molar-refractivity contribution in [3.8, 4) is 11.5 Å². The van der Waals surface area contributed by atoms with E-state index >= 15 is 0 Å². The van der Waals surface area contributed by atoms with Crippen LogP contribution in [0.1, 0.15) is 40.8 Å². The Labute approximate surface area is 138 Å². The number of aryl methyl sites for hydroxylation is 1. The lowest BCUT2D eigenvalue weighted by Gasteiger charge is -2.24. The molecule has 1 atom stereocenters. The summed E-state index contributed by atoms with van der Waals surface area (Å²) in [5, 5.41) is 4.38. The summed E-state index contributed by atoms with van der Waals surface area (Å²) in [6.07, 6.45) is 3.41. The number of hydrogen-bond acceptors (Lipinski definition) is 3. The fraction of sp³-hybridized carbons (Fsp3) is 0.500. The molecule has 2 heterocycles. The summed E-state index contributed by atoms with van der Waals surface area (Å²) in [6, 6.07) is 4.30. The normalized spacial score (nSPS) is 19.2. The number of hydrogen-bond donors (Lipinski definition) is 2. The molecule has 0 spiro atoms. The number of fused-ring (bicyclic) bond motifs is 4. The first-order valence-electron chi connectivity index (χ1n) is 8.32. The van der Waals surface area contributed by atoms with Gasteiger partial charge in [0, 0.05) is 38.0 Å². The Balaban J connectivity index is 0.00000113. The quantitative estimate of drug-likeness (QED) is 0.911. The minimum atomic E-state index is 0. The molecule has 4 rings (SSSR count). The van der Waals surface area contributed by atoms with Gasteiger partial charge in [-0.3, -0.25) is 4.79 Å². The molecular weight excluding hydrogens is 292 g/mol. The number of carbonyl (C=O) groups is 1. The van der Waals surface area contributed by atoms with Crippen LogP contribution >= 0.6 is 0 Å². The third-order valence-corrected chi connectivity index (χ3v) is 4.64. The molecule has 0 fully saturated rings. The number of H-pyrrole nitrogens is 1. The number of benzene rings is 1. The third-order valence-electron chi connectivity index (χ3n) is 4.64. The molecule has 2 N–H and O–H groups in total. The van der Waals surface area contributed by atoms with Crippen LogP contribution in [0.15, 0.2) is 12.1 Å². The van der Waals surface area contributed by atoms with Gasteiger partial charge >= 0.3 is 0 Å². The van der Waals surface area contributed by atoms with Gasteiger partial charge in [0.1, 0.15) is 0 Å². The van der Waals surface area contributed by atoms with Crippen LogP contribution in [0, 0.1) is 5.92 Å². The van der Waals surface area contributed by atoms with Crippen molar-refractivity contribution in [2.24, 2.45) is 5.92 Å². The van der Waals surface area contributed by atoms with Crippen LogP contribution < -0.4 is 14.8 Å². The minimum absolute atomic E-state index is 0. The molecule has 0 radical (unpaired) electrons. The van der Waals surface area contributed by atoms with Crippen LogP contribution in [-0.4, -0.2) is 23.7 Å². The number of carbonyl (C=O) groups excluding carboxylic acids is 1. The van der Waals surface area contributed by atoms with Gasteiger partial charge in [0.15, 0.2) is 11.5 Å². The second-order valence-electron chi connectivity index (χ2n) is 6.94. The van der Waals surface area contributed by atoms with Crippen LogP contribution in [0.25, 0.3) is 10.9 Å². The van der Waals surface area contributed by atoms with E-state index in [0.717, 1.165) is 36.3 Å². The number of nitrogens with one attached hydrogen (secondary N) is 2. The van der Waals surface area contributed by atoms with Crippen LogP contribution in [-0.2, 0) is 17.6 Å². The fourth-order valence-corrected chi connectivity index (χ4v) is 3.59. The number of amides is 1. The van der Waals surface area contributed by atoms with Gasteiger partial charge in [-0.2, -0.15) is 0 Å². The van der Waals surface area contributed by atoms with Gasteiger partial charge in [0.05, 0.1) is 0 Å². The highest BCUT2D eigenvalue weighted by molar-refractivity contribution is 5.88. The largest absolute Gasteiger partial charge is 0.454 e. The smallest absolute Gasteiger partial charge is 0.231 e. The molecule has 1 aliphatic heterocycles. The molecular formula is C18H26N2O3. The predicted octanol–water partition coefficient (Wildman–Crippen LogP) is 3.41. The zero-order chi connectivity index (χ0) is 16.0. The molecule has 1 amide bonds. The van der Waals surface area contributed by atoms with Crippen molar-refractivity contribution in [1.82, 2.24) is 10.3 Å². The minimum Gasteiger partial charge on any atom is -0.454 e. The highest BCUT2D eigenvalue weighted by atomic mass is 16.7. The van der Waals surface area contributed by atoms with Crippen molar-refractivity contribution in [1.29, 1.82) is 0 Å². The van der Waals surface area contributed by atoms with Crippen molar-refractivity contribution in [2.45, 2.75) is 45.6 Å². The van der Waals surface area contributed by atoms with Crippen LogP contribution in [0.3, 0.4) is 0 Å². The van der Waals surface area contributed by atoms with E-state index in [1.54, 1.807) is 0 Å². The molecule has 1 aromatic carbocycles. The molecule has 5 heteroatoms. The van der Waals surface area contributed by atoms with Gasteiger partial charge in [-0.1, -0.05) is 13.8 Å². The van der Waals surface area contributed by atoms with Crippen molar-refractivity contribution >= 4 is 16.8 Å². The first kappa shape index (κ1) is 14.4. The molecule has 23 heavy (non-hydrogen) atoms. The van der Waals surface area contributed by atoms with E-state index in [1.165, 1.54) is 16.6 Å². The lowest BCUT2D eigenvalue weighted by Crippen LogP contribution is -2.39. The van der Waals surface area contributed by atoms with Crippen molar-refractivity contribution < 1.29 is 17.1 Å². The van der Waals surface area contributed by atoms with E-state index in [2.05, 4.69) is 30.2 Å². The van der Waals surface area contributed by atoms with E-state index in [4.69, 9.17) is 9.47 Å². The van der Waals surface area contributed by atoms with Crippen molar-refractivity contribution in [3.05, 3.63) is 23.4 Å². The predicted molar refractivity (Wildman–Crippen MR) is 92.1 cm³/mol. The Bertz CT molecular complexity index is 773. The molecule has 1 aliphatic carbocycles. The fourth-order valence-electron chi connectivity index (χ4n) is 3.59. The molecule has 5 nitrogen and oxygen atoms in total. The Morgan fingerprint density at radius 1 is 1.39 bits per heavy atom. The van der Waals surface area contributed by atoms with E-state index in [0.29, 0.717) is 12.3 Å². The first-order valence-corrected chi connectivity index (χ1v) is 8.32. The Kier molecular flexibility index (Phi) is 3.43. The Morgan fingerprint density at radius 3 is 2.96 bits per heavy atom. The maximum Gasteiger partial charge on any atom is 0.231 e. The highest BCUT2D eigenvalue weighted by Gasteiger charge is 2.25. The van der Waals surface area contributed by atoms with Crippen LogP contribution in [0.5, 0.6) is 11.5 Å². The third kappa shape index (κ3) is 2.64. The summed E-state index contributed by atoms with van der Waals surface area (Å²) in [5.41, 5.74) is 3.67. The highest BCUT2D eigenvalue weighted by Crippen LogP contribution is 2.39. The SMILES string of the molecule is CC(C)CC(=O)NC1CCc2[nH]c3cc4c(cc3c2C1)OCO4.[HH].[HH]. The summed E-state index contributed by atoms with van der Waals surface area (Å²) in [7, 11) is 0. The second kappa shape index (κ2) is 5.48. The van der Waals surface area contributed by atoms with E-state index in [9.17, 15) is 4.79 Å². The van der Waals surface area contributed by atoms with Gasteiger partial charge in [-0.05, 0) is 36.8 Å². The summed E-state index contributed by atoms with van der Waals surface area (Å²) in [5.74, 6) is 2.16. The molecule has 0 saturated heterocycles. The number of rotatable bonds is 3. The van der Waals surface area contributed by atoms with Gasteiger partial charge in [-0.25, -0.2) is 0 Å². The van der Waals surface area contributed by atoms with E-state index in [-0.39, 0.29) is 21.6 Å².